The first-order valence-electron chi connectivity index (χ1n) is 7.29. The molecule has 4 heteroatoms. The van der Waals surface area contributed by atoms with E-state index in [4.69, 9.17) is 0 Å². The Labute approximate surface area is 130 Å². The van der Waals surface area contributed by atoms with Gasteiger partial charge in [0, 0.05) is 12.2 Å². The molecule has 0 aliphatic carbocycles. The molecule has 0 amide bonds. The van der Waals surface area contributed by atoms with E-state index < -0.39 is 11.9 Å². The van der Waals surface area contributed by atoms with Crippen molar-refractivity contribution in [3.63, 3.8) is 0 Å². The van der Waals surface area contributed by atoms with E-state index in [0.29, 0.717) is 6.54 Å². The quantitative estimate of drug-likeness (QED) is 0.872. The van der Waals surface area contributed by atoms with Crippen molar-refractivity contribution in [3.05, 3.63) is 66.0 Å². The molecule has 0 aliphatic heterocycles. The molecule has 0 aliphatic rings. The number of carboxylic acid groups (broad SMARTS) is 1. The molecule has 0 saturated heterocycles. The van der Waals surface area contributed by atoms with Gasteiger partial charge in [-0.2, -0.15) is 0 Å². The number of carboxylic acids is 1. The monoisotopic (exact) mass is 301 g/mol. The molecular formula is C18H20FNO2. The summed E-state index contributed by atoms with van der Waals surface area (Å²) in [5.41, 5.74) is 1.90. The van der Waals surface area contributed by atoms with Gasteiger partial charge >= 0.3 is 5.97 Å². The summed E-state index contributed by atoms with van der Waals surface area (Å²) < 4.78 is 13.2. The fraction of sp³-hybridized carbons (Fsp3) is 0.278. The van der Waals surface area contributed by atoms with Gasteiger partial charge in [0.2, 0.25) is 0 Å². The fourth-order valence-corrected chi connectivity index (χ4v) is 2.40. The summed E-state index contributed by atoms with van der Waals surface area (Å²) in [7, 11) is 0. The Morgan fingerprint density at radius 1 is 1.09 bits per heavy atom. The lowest BCUT2D eigenvalue weighted by Crippen LogP contribution is -2.34. The van der Waals surface area contributed by atoms with Crippen LogP contribution in [0, 0.1) is 11.7 Å². The zero-order chi connectivity index (χ0) is 16.1. The molecule has 0 saturated carbocycles. The molecule has 3 nitrogen and oxygen atoms in total. The maximum Gasteiger partial charge on any atom is 0.308 e. The second kappa shape index (κ2) is 7.07. The van der Waals surface area contributed by atoms with Crippen molar-refractivity contribution in [1.29, 1.82) is 0 Å². The number of aliphatic carboxylic acids is 1. The van der Waals surface area contributed by atoms with Crippen LogP contribution in [0.1, 0.15) is 25.5 Å². The molecular weight excluding hydrogens is 281 g/mol. The van der Waals surface area contributed by atoms with E-state index in [1.54, 1.807) is 19.1 Å². The molecule has 1 N–H and O–H groups in total. The van der Waals surface area contributed by atoms with Crippen molar-refractivity contribution in [2.24, 2.45) is 5.92 Å². The lowest BCUT2D eigenvalue weighted by atomic mass is 10.0. The van der Waals surface area contributed by atoms with Crippen molar-refractivity contribution in [2.75, 3.05) is 11.4 Å². The summed E-state index contributed by atoms with van der Waals surface area (Å²) >= 11 is 0. The third kappa shape index (κ3) is 3.85. The van der Waals surface area contributed by atoms with Gasteiger partial charge in [-0.05, 0) is 36.8 Å². The molecule has 2 rings (SSSR count). The van der Waals surface area contributed by atoms with Gasteiger partial charge in [0.25, 0.3) is 0 Å². The van der Waals surface area contributed by atoms with Crippen molar-refractivity contribution in [3.8, 4) is 0 Å². The second-order valence-corrected chi connectivity index (χ2v) is 5.45. The number of nitrogens with zero attached hydrogens (tertiary/aromatic N) is 1. The number of hydrogen-bond acceptors (Lipinski definition) is 2. The van der Waals surface area contributed by atoms with E-state index in [-0.39, 0.29) is 11.9 Å². The predicted molar refractivity (Wildman–Crippen MR) is 85.4 cm³/mol. The largest absolute Gasteiger partial charge is 0.481 e. The zero-order valence-electron chi connectivity index (χ0n) is 12.7. The Balaban J connectivity index is 2.32. The van der Waals surface area contributed by atoms with Crippen LogP contribution in [0.4, 0.5) is 10.1 Å². The Kier molecular flexibility index (Phi) is 5.15. The third-order valence-corrected chi connectivity index (χ3v) is 3.80. The highest BCUT2D eigenvalue weighted by Crippen LogP contribution is 2.28. The number of benzene rings is 2. The number of rotatable bonds is 6. The normalized spacial score (nSPS) is 13.4. The van der Waals surface area contributed by atoms with Crippen LogP contribution in [0.2, 0.25) is 0 Å². The van der Waals surface area contributed by atoms with E-state index in [9.17, 15) is 14.3 Å². The average Bonchev–Trinajstić information content (AvgIpc) is 2.53. The van der Waals surface area contributed by atoms with Crippen LogP contribution in [0.5, 0.6) is 0 Å². The standard InChI is InChI=1S/C18H20FNO2/c1-13(18(21)22)12-20(17-10-8-16(19)9-11-17)14(2)15-6-4-3-5-7-15/h3-11,13-14H,12H2,1-2H3,(H,21,22). The summed E-state index contributed by atoms with van der Waals surface area (Å²) in [6.07, 6.45) is 0. The fourth-order valence-electron chi connectivity index (χ4n) is 2.40. The van der Waals surface area contributed by atoms with Gasteiger partial charge < -0.3 is 10.0 Å². The number of halogens is 1. The highest BCUT2D eigenvalue weighted by molar-refractivity contribution is 5.70. The number of anilines is 1. The van der Waals surface area contributed by atoms with Crippen LogP contribution < -0.4 is 4.90 Å². The van der Waals surface area contributed by atoms with Crippen LogP contribution in [-0.4, -0.2) is 17.6 Å². The summed E-state index contributed by atoms with van der Waals surface area (Å²) in [6, 6.07) is 16.0. The van der Waals surface area contributed by atoms with Crippen molar-refractivity contribution < 1.29 is 14.3 Å². The highest BCUT2D eigenvalue weighted by Gasteiger charge is 2.22. The molecule has 2 atom stereocenters. The molecule has 116 valence electrons. The molecule has 2 unspecified atom stereocenters. The number of carbonyl (C=O) groups is 1. The van der Waals surface area contributed by atoms with E-state index >= 15 is 0 Å². The van der Waals surface area contributed by atoms with E-state index in [2.05, 4.69) is 0 Å². The van der Waals surface area contributed by atoms with Crippen LogP contribution in [0.3, 0.4) is 0 Å². The van der Waals surface area contributed by atoms with Crippen LogP contribution in [-0.2, 0) is 4.79 Å². The van der Waals surface area contributed by atoms with E-state index in [1.165, 1.54) is 12.1 Å². The Morgan fingerprint density at radius 2 is 1.68 bits per heavy atom. The lowest BCUT2D eigenvalue weighted by molar-refractivity contribution is -0.140. The predicted octanol–water partition coefficient (Wildman–Crippen LogP) is 4.11. The molecule has 0 bridgehead atoms. The first-order chi connectivity index (χ1) is 10.5. The lowest BCUT2D eigenvalue weighted by Gasteiger charge is -2.33. The Hall–Kier alpha value is -2.36. The minimum atomic E-state index is -0.840. The van der Waals surface area contributed by atoms with E-state index in [1.807, 2.05) is 42.2 Å². The van der Waals surface area contributed by atoms with Gasteiger partial charge in [0.1, 0.15) is 5.82 Å². The molecule has 0 radical (unpaired) electrons. The summed E-state index contributed by atoms with van der Waals surface area (Å²) in [5.74, 6) is -1.66. The summed E-state index contributed by atoms with van der Waals surface area (Å²) in [4.78, 5) is 13.2. The molecule has 0 spiro atoms. The van der Waals surface area contributed by atoms with Crippen molar-refractivity contribution in [2.45, 2.75) is 19.9 Å². The number of hydrogen-bond donors (Lipinski definition) is 1. The minimum Gasteiger partial charge on any atom is -0.481 e. The van der Waals surface area contributed by atoms with E-state index in [0.717, 1.165) is 11.3 Å². The van der Waals surface area contributed by atoms with Crippen LogP contribution in [0.25, 0.3) is 0 Å². The Bertz CT molecular complexity index is 613. The van der Waals surface area contributed by atoms with Gasteiger partial charge in [-0.15, -0.1) is 0 Å². The molecule has 0 fully saturated rings. The second-order valence-electron chi connectivity index (χ2n) is 5.45. The topological polar surface area (TPSA) is 40.5 Å². The summed E-state index contributed by atoms with van der Waals surface area (Å²) in [5, 5.41) is 9.19. The van der Waals surface area contributed by atoms with Crippen LogP contribution in [0.15, 0.2) is 54.6 Å². The van der Waals surface area contributed by atoms with Gasteiger partial charge in [-0.3, -0.25) is 4.79 Å². The summed E-state index contributed by atoms with van der Waals surface area (Å²) in [6.45, 7) is 4.06. The maximum atomic E-state index is 13.2. The molecule has 2 aromatic rings. The van der Waals surface area contributed by atoms with Crippen molar-refractivity contribution in [1.82, 2.24) is 0 Å². The first kappa shape index (κ1) is 16.0. The molecule has 0 aromatic heterocycles. The molecule has 22 heavy (non-hydrogen) atoms. The molecule has 0 heterocycles. The minimum absolute atomic E-state index is 0.00605. The van der Waals surface area contributed by atoms with Gasteiger partial charge in [-0.25, -0.2) is 4.39 Å². The van der Waals surface area contributed by atoms with Gasteiger partial charge in [0.05, 0.1) is 12.0 Å². The van der Waals surface area contributed by atoms with Gasteiger partial charge in [-0.1, -0.05) is 37.3 Å². The van der Waals surface area contributed by atoms with Gasteiger partial charge in [0.15, 0.2) is 0 Å². The first-order valence-corrected chi connectivity index (χ1v) is 7.29. The van der Waals surface area contributed by atoms with Crippen molar-refractivity contribution >= 4 is 11.7 Å². The zero-order valence-corrected chi connectivity index (χ0v) is 12.7. The SMILES string of the molecule is CC(CN(c1ccc(F)cc1)C(C)c1ccccc1)C(=O)O. The smallest absolute Gasteiger partial charge is 0.308 e. The Morgan fingerprint density at radius 3 is 2.23 bits per heavy atom. The average molecular weight is 301 g/mol. The maximum absolute atomic E-state index is 13.2. The molecule has 2 aromatic carbocycles. The van der Waals surface area contributed by atoms with Crippen LogP contribution >= 0.6 is 0 Å². The highest BCUT2D eigenvalue weighted by atomic mass is 19.1. The third-order valence-electron chi connectivity index (χ3n) is 3.80.